The van der Waals surface area contributed by atoms with Crippen LogP contribution in [0.25, 0.3) is 0 Å². The first-order chi connectivity index (χ1) is 6.77. The number of aromatic nitrogens is 2. The van der Waals surface area contributed by atoms with Gasteiger partial charge >= 0.3 is 5.97 Å². The fourth-order valence-electron chi connectivity index (χ4n) is 1.94. The number of fused-ring (bicyclic) bond motifs is 1. The third-order valence-corrected chi connectivity index (χ3v) is 2.68. The molecule has 0 amide bonds. The van der Waals surface area contributed by atoms with Crippen LogP contribution >= 0.6 is 0 Å². The third-order valence-electron chi connectivity index (χ3n) is 2.68. The van der Waals surface area contributed by atoms with Crippen molar-refractivity contribution in [3.8, 4) is 0 Å². The van der Waals surface area contributed by atoms with Crippen LogP contribution in [0, 0.1) is 0 Å². The first kappa shape index (κ1) is 9.24. The molecule has 0 aliphatic heterocycles. The smallest absolute Gasteiger partial charge is 0.305 e. The summed E-state index contributed by atoms with van der Waals surface area (Å²) in [6.45, 7) is 0.553. The molecule has 0 spiro atoms. The van der Waals surface area contributed by atoms with Crippen LogP contribution in [0.1, 0.15) is 30.7 Å². The van der Waals surface area contributed by atoms with E-state index in [1.807, 2.05) is 4.57 Å². The Morgan fingerprint density at radius 3 is 3.07 bits per heavy atom. The highest BCUT2D eigenvalue weighted by atomic mass is 16.4. The van der Waals surface area contributed by atoms with Gasteiger partial charge in [-0.1, -0.05) is 0 Å². The van der Waals surface area contributed by atoms with Crippen LogP contribution < -0.4 is 0 Å². The Balaban J connectivity index is 2.10. The zero-order valence-electron chi connectivity index (χ0n) is 8.07. The van der Waals surface area contributed by atoms with Gasteiger partial charge in [-0.05, 0) is 25.7 Å². The molecule has 14 heavy (non-hydrogen) atoms. The van der Waals surface area contributed by atoms with Gasteiger partial charge in [0, 0.05) is 12.2 Å². The van der Waals surface area contributed by atoms with Crippen LogP contribution in [-0.4, -0.2) is 20.6 Å². The van der Waals surface area contributed by atoms with Crippen LogP contribution in [0.4, 0.5) is 0 Å². The first-order valence-corrected chi connectivity index (χ1v) is 5.02. The largest absolute Gasteiger partial charge is 0.481 e. The van der Waals surface area contributed by atoms with Crippen molar-refractivity contribution in [3.63, 3.8) is 0 Å². The molecule has 4 nitrogen and oxygen atoms in total. The summed E-state index contributed by atoms with van der Waals surface area (Å²) in [7, 11) is 0. The standard InChI is InChI=1S/C10H14N2O2/c13-10(14)5-6-12-7-11-8-3-1-2-4-9(8)12/h7H,1-6H2,(H,13,14). The van der Waals surface area contributed by atoms with Gasteiger partial charge in [-0.3, -0.25) is 4.79 Å². The second-order valence-corrected chi connectivity index (χ2v) is 3.68. The highest BCUT2D eigenvalue weighted by Crippen LogP contribution is 2.19. The van der Waals surface area contributed by atoms with Crippen LogP contribution in [-0.2, 0) is 24.2 Å². The van der Waals surface area contributed by atoms with Gasteiger partial charge in [0.2, 0.25) is 0 Å². The Morgan fingerprint density at radius 2 is 2.29 bits per heavy atom. The molecule has 0 aromatic carbocycles. The van der Waals surface area contributed by atoms with E-state index in [1.54, 1.807) is 6.33 Å². The van der Waals surface area contributed by atoms with Gasteiger partial charge in [0.1, 0.15) is 0 Å². The summed E-state index contributed by atoms with van der Waals surface area (Å²) in [5.74, 6) is -0.747. The predicted octanol–water partition coefficient (Wildman–Crippen LogP) is 1.24. The normalized spacial score (nSPS) is 15.1. The second-order valence-electron chi connectivity index (χ2n) is 3.68. The minimum atomic E-state index is -0.747. The molecule has 1 aromatic heterocycles. The summed E-state index contributed by atoms with van der Waals surface area (Å²) >= 11 is 0. The van der Waals surface area contributed by atoms with Crippen LogP contribution in [0.2, 0.25) is 0 Å². The van der Waals surface area contributed by atoms with E-state index in [0.29, 0.717) is 6.54 Å². The van der Waals surface area contributed by atoms with Gasteiger partial charge in [-0.2, -0.15) is 0 Å². The van der Waals surface area contributed by atoms with Crippen molar-refractivity contribution in [1.82, 2.24) is 9.55 Å². The number of carbonyl (C=O) groups is 1. The number of carboxylic acids is 1. The molecule has 2 rings (SSSR count). The van der Waals surface area contributed by atoms with E-state index in [2.05, 4.69) is 4.98 Å². The molecule has 0 saturated heterocycles. The Bertz CT molecular complexity index is 344. The topological polar surface area (TPSA) is 55.1 Å². The van der Waals surface area contributed by atoms with E-state index in [1.165, 1.54) is 24.2 Å². The van der Waals surface area contributed by atoms with E-state index in [0.717, 1.165) is 12.8 Å². The van der Waals surface area contributed by atoms with Gasteiger partial charge < -0.3 is 9.67 Å². The lowest BCUT2D eigenvalue weighted by molar-refractivity contribution is -0.137. The van der Waals surface area contributed by atoms with Crippen LogP contribution in [0.3, 0.4) is 0 Å². The summed E-state index contributed by atoms with van der Waals surface area (Å²) in [4.78, 5) is 14.7. The molecule has 0 saturated carbocycles. The zero-order chi connectivity index (χ0) is 9.97. The minimum Gasteiger partial charge on any atom is -0.481 e. The molecule has 0 radical (unpaired) electrons. The first-order valence-electron chi connectivity index (χ1n) is 5.02. The van der Waals surface area contributed by atoms with Crippen molar-refractivity contribution in [2.45, 2.75) is 38.6 Å². The number of aryl methyl sites for hydroxylation is 2. The average Bonchev–Trinajstić information content (AvgIpc) is 2.58. The summed E-state index contributed by atoms with van der Waals surface area (Å²) < 4.78 is 1.99. The van der Waals surface area contributed by atoms with Gasteiger partial charge in [0.15, 0.2) is 0 Å². The Labute approximate surface area is 82.6 Å². The molecule has 1 heterocycles. The summed E-state index contributed by atoms with van der Waals surface area (Å²) in [6, 6.07) is 0. The van der Waals surface area contributed by atoms with Crippen molar-refractivity contribution >= 4 is 5.97 Å². The zero-order valence-corrected chi connectivity index (χ0v) is 8.07. The van der Waals surface area contributed by atoms with E-state index in [4.69, 9.17) is 5.11 Å². The number of hydrogen-bond donors (Lipinski definition) is 1. The number of hydrogen-bond acceptors (Lipinski definition) is 2. The molecule has 76 valence electrons. The van der Waals surface area contributed by atoms with Crippen molar-refractivity contribution in [2.75, 3.05) is 0 Å². The lowest BCUT2D eigenvalue weighted by Gasteiger charge is -2.13. The summed E-state index contributed by atoms with van der Waals surface area (Å²) in [6.07, 6.45) is 6.47. The molecule has 0 atom stereocenters. The van der Waals surface area contributed by atoms with Crippen molar-refractivity contribution < 1.29 is 9.90 Å². The van der Waals surface area contributed by atoms with E-state index < -0.39 is 5.97 Å². The van der Waals surface area contributed by atoms with Crippen molar-refractivity contribution in [2.24, 2.45) is 0 Å². The van der Waals surface area contributed by atoms with Crippen molar-refractivity contribution in [3.05, 3.63) is 17.7 Å². The third kappa shape index (κ3) is 1.78. The predicted molar refractivity (Wildman–Crippen MR) is 51.1 cm³/mol. The number of rotatable bonds is 3. The fourth-order valence-corrected chi connectivity index (χ4v) is 1.94. The van der Waals surface area contributed by atoms with E-state index >= 15 is 0 Å². The van der Waals surface area contributed by atoms with Gasteiger partial charge in [-0.25, -0.2) is 4.98 Å². The molecule has 0 bridgehead atoms. The van der Waals surface area contributed by atoms with Crippen LogP contribution in [0.5, 0.6) is 0 Å². The molecule has 4 heteroatoms. The lowest BCUT2D eigenvalue weighted by Crippen LogP contribution is -2.10. The molecular weight excluding hydrogens is 180 g/mol. The van der Waals surface area contributed by atoms with Crippen molar-refractivity contribution in [1.29, 1.82) is 0 Å². The number of nitrogens with zero attached hydrogens (tertiary/aromatic N) is 2. The molecule has 1 aliphatic carbocycles. The monoisotopic (exact) mass is 194 g/mol. The van der Waals surface area contributed by atoms with Crippen LogP contribution in [0.15, 0.2) is 6.33 Å². The molecule has 1 N–H and O–H groups in total. The highest BCUT2D eigenvalue weighted by molar-refractivity contribution is 5.66. The van der Waals surface area contributed by atoms with Gasteiger partial charge in [-0.15, -0.1) is 0 Å². The Hall–Kier alpha value is -1.32. The Kier molecular flexibility index (Phi) is 2.52. The summed E-state index contributed by atoms with van der Waals surface area (Å²) in [5.41, 5.74) is 2.42. The molecule has 0 fully saturated rings. The van der Waals surface area contributed by atoms with Gasteiger partial charge in [0.25, 0.3) is 0 Å². The number of aliphatic carboxylic acids is 1. The second kappa shape index (κ2) is 3.82. The number of imidazole rings is 1. The highest BCUT2D eigenvalue weighted by Gasteiger charge is 2.15. The molecule has 0 unspecified atom stereocenters. The van der Waals surface area contributed by atoms with Gasteiger partial charge in [0.05, 0.1) is 18.4 Å². The lowest BCUT2D eigenvalue weighted by atomic mass is 10.0. The number of carboxylic acid groups (broad SMARTS) is 1. The minimum absolute atomic E-state index is 0.183. The maximum Gasteiger partial charge on any atom is 0.305 e. The SMILES string of the molecule is O=C(O)CCn1cnc2c1CCCC2. The summed E-state index contributed by atoms with van der Waals surface area (Å²) in [5, 5.41) is 8.58. The van der Waals surface area contributed by atoms with E-state index in [-0.39, 0.29) is 6.42 Å². The maximum absolute atomic E-state index is 10.4. The van der Waals surface area contributed by atoms with E-state index in [9.17, 15) is 4.79 Å². The molecule has 1 aliphatic rings. The average molecular weight is 194 g/mol. The molecule has 1 aromatic rings. The Morgan fingerprint density at radius 1 is 1.50 bits per heavy atom. The quantitative estimate of drug-likeness (QED) is 0.787. The fraction of sp³-hybridized carbons (Fsp3) is 0.600. The maximum atomic E-state index is 10.4. The molecular formula is C10H14N2O2.